The number of nitrogens with two attached hydrogens (primary N) is 1. The highest BCUT2D eigenvalue weighted by Crippen LogP contribution is 2.32. The fraction of sp³-hybridized carbons (Fsp3) is 0.375. The standard InChI is InChI=1S/C21H19N3O2.C3H9NO3S/c1-13(2)25-19-10-9-15(11-16(19)12-22)21-23-20(24-26-21)18-8-4-6-14-5-3-7-17(14)18;1-7-2-3-8(4,5)6/h4,6,8-11,13H,3,5,7H2,1-2H3;2-3H2,1H3,(H2,4,5,6). The molecule has 3 aromatic rings. The summed E-state index contributed by atoms with van der Waals surface area (Å²) in [6.45, 7) is 4.02. The Morgan fingerprint density at radius 1 is 1.24 bits per heavy atom. The second-order valence-electron chi connectivity index (χ2n) is 8.07. The molecular weight excluding hydrogens is 456 g/mol. The van der Waals surface area contributed by atoms with E-state index in [4.69, 9.17) is 9.26 Å². The molecule has 9 nitrogen and oxygen atoms in total. The van der Waals surface area contributed by atoms with Gasteiger partial charge in [-0.15, -0.1) is 0 Å². The van der Waals surface area contributed by atoms with E-state index in [-0.39, 0.29) is 18.5 Å². The van der Waals surface area contributed by atoms with Crippen molar-refractivity contribution in [3.8, 4) is 34.7 Å². The first-order valence-electron chi connectivity index (χ1n) is 10.9. The average molecular weight is 485 g/mol. The van der Waals surface area contributed by atoms with E-state index in [1.165, 1.54) is 24.7 Å². The Bertz CT molecular complexity index is 1280. The molecule has 0 radical (unpaired) electrons. The first-order chi connectivity index (χ1) is 16.2. The van der Waals surface area contributed by atoms with Crippen molar-refractivity contribution in [3.63, 3.8) is 0 Å². The average Bonchev–Trinajstić information content (AvgIpc) is 3.47. The van der Waals surface area contributed by atoms with E-state index in [9.17, 15) is 13.7 Å². The zero-order valence-electron chi connectivity index (χ0n) is 19.4. The molecule has 0 spiro atoms. The van der Waals surface area contributed by atoms with Gasteiger partial charge in [0.2, 0.25) is 15.8 Å². The van der Waals surface area contributed by atoms with Gasteiger partial charge in [0.05, 0.1) is 24.0 Å². The first kappa shape index (κ1) is 25.4. The topological polar surface area (TPSA) is 141 Å². The predicted molar refractivity (Wildman–Crippen MR) is 128 cm³/mol. The molecule has 180 valence electrons. The number of hydrogen-bond acceptors (Lipinski definition) is 8. The van der Waals surface area contributed by atoms with Gasteiger partial charge in [0.25, 0.3) is 5.89 Å². The van der Waals surface area contributed by atoms with Crippen LogP contribution in [-0.4, -0.2) is 44.1 Å². The summed E-state index contributed by atoms with van der Waals surface area (Å²) in [4.78, 5) is 4.57. The van der Waals surface area contributed by atoms with Gasteiger partial charge in [-0.2, -0.15) is 10.2 Å². The van der Waals surface area contributed by atoms with E-state index in [2.05, 4.69) is 32.2 Å². The summed E-state index contributed by atoms with van der Waals surface area (Å²) < 4.78 is 35.8. The largest absolute Gasteiger partial charge is 0.490 e. The van der Waals surface area contributed by atoms with E-state index in [0.29, 0.717) is 28.6 Å². The van der Waals surface area contributed by atoms with Crippen LogP contribution in [0.5, 0.6) is 5.75 Å². The van der Waals surface area contributed by atoms with Gasteiger partial charge in [-0.25, -0.2) is 13.6 Å². The second kappa shape index (κ2) is 11.2. The maximum absolute atomic E-state index is 10.1. The first-order valence-corrected chi connectivity index (χ1v) is 12.6. The van der Waals surface area contributed by atoms with Crippen molar-refractivity contribution in [1.82, 2.24) is 10.1 Å². The molecule has 0 amide bonds. The van der Waals surface area contributed by atoms with E-state index in [1.807, 2.05) is 32.0 Å². The third kappa shape index (κ3) is 6.63. The number of rotatable bonds is 7. The molecule has 1 aliphatic rings. The van der Waals surface area contributed by atoms with Gasteiger partial charge in [0.1, 0.15) is 11.8 Å². The Kier molecular flexibility index (Phi) is 8.39. The molecule has 34 heavy (non-hydrogen) atoms. The maximum Gasteiger partial charge on any atom is 0.258 e. The summed E-state index contributed by atoms with van der Waals surface area (Å²) in [7, 11) is -1.89. The molecule has 4 rings (SSSR count). The van der Waals surface area contributed by atoms with Gasteiger partial charge in [0, 0.05) is 18.2 Å². The lowest BCUT2D eigenvalue weighted by Crippen LogP contribution is -2.19. The van der Waals surface area contributed by atoms with E-state index >= 15 is 0 Å². The third-order valence-electron chi connectivity index (χ3n) is 5.09. The van der Waals surface area contributed by atoms with Crippen LogP contribution in [0.25, 0.3) is 22.8 Å². The van der Waals surface area contributed by atoms with Crippen molar-refractivity contribution in [2.75, 3.05) is 19.5 Å². The molecule has 0 saturated carbocycles. The number of ether oxygens (including phenoxy) is 2. The van der Waals surface area contributed by atoms with Gasteiger partial charge in [-0.3, -0.25) is 0 Å². The van der Waals surface area contributed by atoms with Crippen LogP contribution in [0.3, 0.4) is 0 Å². The molecule has 0 unspecified atom stereocenters. The summed E-state index contributed by atoms with van der Waals surface area (Å²) in [6.07, 6.45) is 3.33. The lowest BCUT2D eigenvalue weighted by atomic mass is 10.0. The lowest BCUT2D eigenvalue weighted by Gasteiger charge is -2.11. The van der Waals surface area contributed by atoms with Crippen molar-refractivity contribution < 1.29 is 22.4 Å². The maximum atomic E-state index is 10.1. The number of aryl methyl sites for hydroxylation is 1. The summed E-state index contributed by atoms with van der Waals surface area (Å²) in [5.41, 5.74) is 4.89. The smallest absolute Gasteiger partial charge is 0.258 e. The van der Waals surface area contributed by atoms with Crippen molar-refractivity contribution in [3.05, 3.63) is 53.1 Å². The van der Waals surface area contributed by atoms with Crippen LogP contribution < -0.4 is 9.88 Å². The zero-order valence-corrected chi connectivity index (χ0v) is 20.3. The molecule has 0 aliphatic heterocycles. The number of nitriles is 1. The molecule has 10 heteroatoms. The summed E-state index contributed by atoms with van der Waals surface area (Å²) in [5.74, 6) is 1.46. The highest BCUT2D eigenvalue weighted by molar-refractivity contribution is 7.89. The highest BCUT2D eigenvalue weighted by atomic mass is 32.2. The molecule has 2 aromatic carbocycles. The van der Waals surface area contributed by atoms with Crippen molar-refractivity contribution in [1.29, 1.82) is 5.26 Å². The minimum absolute atomic E-state index is 0.00290. The van der Waals surface area contributed by atoms with Crippen LogP contribution in [0.15, 0.2) is 40.9 Å². The van der Waals surface area contributed by atoms with Gasteiger partial charge in [-0.1, -0.05) is 23.4 Å². The quantitative estimate of drug-likeness (QED) is 0.537. The Labute approximate surface area is 199 Å². The Morgan fingerprint density at radius 2 is 2.03 bits per heavy atom. The SMILES string of the molecule is CC(C)Oc1ccc(-c2nc(-c3cccc4c3CCC4)no2)cc1C#N.COCCS(N)(=O)=O. The fourth-order valence-corrected chi connectivity index (χ4v) is 3.98. The monoisotopic (exact) mass is 484 g/mol. The molecule has 1 aliphatic carbocycles. The number of methoxy groups -OCH3 is 1. The molecule has 0 saturated heterocycles. The number of benzene rings is 2. The molecular formula is C24H28N4O5S. The second-order valence-corrected chi connectivity index (χ2v) is 9.80. The lowest BCUT2D eigenvalue weighted by molar-refractivity contribution is 0.217. The molecule has 2 N–H and O–H groups in total. The molecule has 1 aromatic heterocycles. The fourth-order valence-electron chi connectivity index (χ4n) is 3.59. The third-order valence-corrected chi connectivity index (χ3v) is 5.83. The van der Waals surface area contributed by atoms with Crippen LogP contribution in [0.1, 0.15) is 37.0 Å². The number of hydrogen-bond donors (Lipinski definition) is 1. The Hall–Kier alpha value is -3.26. The normalized spacial score (nSPS) is 12.6. The van der Waals surface area contributed by atoms with Crippen LogP contribution in [0.4, 0.5) is 0 Å². The van der Waals surface area contributed by atoms with E-state index < -0.39 is 10.0 Å². The summed E-state index contributed by atoms with van der Waals surface area (Å²) >= 11 is 0. The molecule has 0 bridgehead atoms. The Balaban J connectivity index is 0.000000350. The van der Waals surface area contributed by atoms with Gasteiger partial charge in [-0.05, 0) is 62.4 Å². The summed E-state index contributed by atoms with van der Waals surface area (Å²) in [5, 5.41) is 18.2. The Morgan fingerprint density at radius 3 is 2.68 bits per heavy atom. The highest BCUT2D eigenvalue weighted by Gasteiger charge is 2.20. The number of nitrogens with zero attached hydrogens (tertiary/aromatic N) is 3. The van der Waals surface area contributed by atoms with Crippen LogP contribution in [0, 0.1) is 11.3 Å². The number of aromatic nitrogens is 2. The van der Waals surface area contributed by atoms with Gasteiger partial charge < -0.3 is 14.0 Å². The van der Waals surface area contributed by atoms with Crippen LogP contribution >= 0.6 is 0 Å². The van der Waals surface area contributed by atoms with Gasteiger partial charge in [0.15, 0.2) is 0 Å². The minimum atomic E-state index is -3.31. The van der Waals surface area contributed by atoms with Crippen molar-refractivity contribution >= 4 is 10.0 Å². The molecule has 1 heterocycles. The zero-order chi connectivity index (χ0) is 24.7. The van der Waals surface area contributed by atoms with Gasteiger partial charge >= 0.3 is 0 Å². The predicted octanol–water partition coefficient (Wildman–Crippen LogP) is 3.47. The summed E-state index contributed by atoms with van der Waals surface area (Å²) in [6, 6.07) is 13.8. The van der Waals surface area contributed by atoms with E-state index in [0.717, 1.165) is 18.4 Å². The van der Waals surface area contributed by atoms with Crippen LogP contribution in [-0.2, 0) is 27.6 Å². The number of fused-ring (bicyclic) bond motifs is 1. The van der Waals surface area contributed by atoms with Crippen LogP contribution in [0.2, 0.25) is 0 Å². The molecule has 0 atom stereocenters. The number of primary sulfonamides is 1. The molecule has 0 fully saturated rings. The van der Waals surface area contributed by atoms with Crippen molar-refractivity contribution in [2.24, 2.45) is 5.14 Å². The van der Waals surface area contributed by atoms with Crippen molar-refractivity contribution in [2.45, 2.75) is 39.2 Å². The minimum Gasteiger partial charge on any atom is -0.490 e. The number of sulfonamides is 1. The van der Waals surface area contributed by atoms with E-state index in [1.54, 1.807) is 12.1 Å².